The molecule has 5 N–H and O–H groups in total. The van der Waals surface area contributed by atoms with E-state index < -0.39 is 4.92 Å². The maximum atomic E-state index is 12.3. The van der Waals surface area contributed by atoms with E-state index >= 15 is 0 Å². The van der Waals surface area contributed by atoms with Gasteiger partial charge in [-0.25, -0.2) is 4.98 Å². The van der Waals surface area contributed by atoms with E-state index in [9.17, 15) is 14.9 Å². The number of aromatic nitrogens is 2. The minimum absolute atomic E-state index is 0.00499. The first-order valence-electron chi connectivity index (χ1n) is 9.59. The zero-order valence-corrected chi connectivity index (χ0v) is 15.8. The van der Waals surface area contributed by atoms with Crippen LogP contribution in [0.1, 0.15) is 31.4 Å². The highest BCUT2D eigenvalue weighted by Crippen LogP contribution is 2.31. The number of ether oxygens (including phenoxy) is 1. The highest BCUT2D eigenvalue weighted by atomic mass is 16.6. The second-order valence-corrected chi connectivity index (χ2v) is 7.32. The van der Waals surface area contributed by atoms with Gasteiger partial charge in [-0.3, -0.25) is 14.9 Å². The Labute approximate surface area is 163 Å². The molecule has 2 heterocycles. The molecule has 0 bridgehead atoms. The standard InChI is InChI=1S/C17H27N7O4/c18-12-3-1-11(2-4-12)9-13-15(24(26)27)16(19)22-17(21-13)20-10-14(25)23-5-7-28-8-6-23/h11-12H,1-10,18H2,(H3,19,20,21,22). The van der Waals surface area contributed by atoms with Crippen molar-refractivity contribution in [3.8, 4) is 0 Å². The first-order valence-corrected chi connectivity index (χ1v) is 9.59. The summed E-state index contributed by atoms with van der Waals surface area (Å²) in [5, 5.41) is 14.3. The van der Waals surface area contributed by atoms with E-state index in [0.717, 1.165) is 25.7 Å². The highest BCUT2D eigenvalue weighted by molar-refractivity contribution is 5.80. The maximum Gasteiger partial charge on any atom is 0.332 e. The second kappa shape index (κ2) is 9.11. The van der Waals surface area contributed by atoms with Crippen molar-refractivity contribution in [2.24, 2.45) is 11.7 Å². The number of rotatable bonds is 6. The van der Waals surface area contributed by atoms with E-state index in [4.69, 9.17) is 16.2 Å². The number of nitrogens with one attached hydrogen (secondary N) is 1. The Morgan fingerprint density at radius 3 is 2.57 bits per heavy atom. The Morgan fingerprint density at radius 1 is 1.25 bits per heavy atom. The molecular formula is C17H27N7O4. The lowest BCUT2D eigenvalue weighted by atomic mass is 9.83. The number of amides is 1. The van der Waals surface area contributed by atoms with E-state index in [1.54, 1.807) is 4.90 Å². The molecule has 1 aromatic rings. The molecule has 0 radical (unpaired) electrons. The van der Waals surface area contributed by atoms with Crippen molar-refractivity contribution in [1.82, 2.24) is 14.9 Å². The van der Waals surface area contributed by atoms with E-state index in [0.29, 0.717) is 38.4 Å². The molecule has 1 aliphatic heterocycles. The number of nitro groups is 1. The summed E-state index contributed by atoms with van der Waals surface area (Å²) in [6.07, 6.45) is 4.05. The fourth-order valence-corrected chi connectivity index (χ4v) is 3.69. The molecule has 11 heteroatoms. The number of carbonyl (C=O) groups excluding carboxylic acids is 1. The van der Waals surface area contributed by atoms with Crippen molar-refractivity contribution in [2.75, 3.05) is 43.9 Å². The van der Waals surface area contributed by atoms with Crippen LogP contribution in [0.2, 0.25) is 0 Å². The van der Waals surface area contributed by atoms with Crippen LogP contribution in [0.25, 0.3) is 0 Å². The Kier molecular flexibility index (Phi) is 6.57. The average molecular weight is 393 g/mol. The van der Waals surface area contributed by atoms with E-state index in [1.165, 1.54) is 0 Å². The van der Waals surface area contributed by atoms with Gasteiger partial charge in [-0.15, -0.1) is 0 Å². The molecule has 154 valence electrons. The van der Waals surface area contributed by atoms with Crippen LogP contribution >= 0.6 is 0 Å². The summed E-state index contributed by atoms with van der Waals surface area (Å²) in [5.74, 6) is 0.110. The Bertz CT molecular complexity index is 716. The molecule has 1 amide bonds. The normalized spacial score (nSPS) is 22.7. The lowest BCUT2D eigenvalue weighted by Crippen LogP contribution is -2.43. The van der Waals surface area contributed by atoms with Crippen LogP contribution in [0.5, 0.6) is 0 Å². The largest absolute Gasteiger partial charge is 0.378 e. The number of morpholine rings is 1. The van der Waals surface area contributed by atoms with Crippen LogP contribution in [0.4, 0.5) is 17.5 Å². The molecule has 0 aromatic carbocycles. The summed E-state index contributed by atoms with van der Waals surface area (Å²) in [7, 11) is 0. The third kappa shape index (κ3) is 5.04. The zero-order chi connectivity index (χ0) is 20.1. The predicted molar refractivity (Wildman–Crippen MR) is 103 cm³/mol. The van der Waals surface area contributed by atoms with Gasteiger partial charge < -0.3 is 26.4 Å². The van der Waals surface area contributed by atoms with E-state index in [1.807, 2.05) is 0 Å². The molecule has 1 aromatic heterocycles. The fourth-order valence-electron chi connectivity index (χ4n) is 3.69. The monoisotopic (exact) mass is 393 g/mol. The smallest absolute Gasteiger partial charge is 0.332 e. The van der Waals surface area contributed by atoms with Gasteiger partial charge in [0.15, 0.2) is 0 Å². The minimum atomic E-state index is -0.540. The van der Waals surface area contributed by atoms with Gasteiger partial charge in [-0.05, 0) is 38.0 Å². The van der Waals surface area contributed by atoms with E-state index in [2.05, 4.69) is 15.3 Å². The average Bonchev–Trinajstić information content (AvgIpc) is 2.68. The van der Waals surface area contributed by atoms with Crippen LogP contribution in [0.3, 0.4) is 0 Å². The van der Waals surface area contributed by atoms with Gasteiger partial charge in [0.25, 0.3) is 0 Å². The first-order chi connectivity index (χ1) is 13.4. The van der Waals surface area contributed by atoms with Crippen LogP contribution in [-0.2, 0) is 16.0 Å². The van der Waals surface area contributed by atoms with Crippen LogP contribution in [-0.4, -0.2) is 64.6 Å². The number of carbonyl (C=O) groups is 1. The number of hydrogen-bond donors (Lipinski definition) is 3. The van der Waals surface area contributed by atoms with Gasteiger partial charge in [0.05, 0.1) is 24.7 Å². The van der Waals surface area contributed by atoms with Crippen molar-refractivity contribution >= 4 is 23.4 Å². The predicted octanol–water partition coefficient (Wildman–Crippen LogP) is 0.298. The highest BCUT2D eigenvalue weighted by Gasteiger charge is 2.27. The summed E-state index contributed by atoms with van der Waals surface area (Å²) in [6, 6.07) is 0.199. The van der Waals surface area contributed by atoms with Crippen molar-refractivity contribution in [2.45, 2.75) is 38.1 Å². The van der Waals surface area contributed by atoms with Gasteiger partial charge in [-0.2, -0.15) is 4.98 Å². The van der Waals surface area contributed by atoms with Crippen LogP contribution in [0.15, 0.2) is 0 Å². The molecule has 2 aliphatic rings. The number of nitrogens with two attached hydrogens (primary N) is 2. The van der Waals surface area contributed by atoms with Gasteiger partial charge in [0.2, 0.25) is 17.7 Å². The van der Waals surface area contributed by atoms with E-state index in [-0.39, 0.29) is 41.9 Å². The number of hydrogen-bond acceptors (Lipinski definition) is 9. The lowest BCUT2D eigenvalue weighted by Gasteiger charge is -2.27. The van der Waals surface area contributed by atoms with Crippen molar-refractivity contribution in [1.29, 1.82) is 0 Å². The Balaban J connectivity index is 1.70. The molecule has 1 saturated heterocycles. The molecule has 0 spiro atoms. The minimum Gasteiger partial charge on any atom is -0.378 e. The summed E-state index contributed by atoms with van der Waals surface area (Å²) in [4.78, 5) is 33.2. The summed E-state index contributed by atoms with van der Waals surface area (Å²) in [5.41, 5.74) is 11.8. The maximum absolute atomic E-state index is 12.3. The van der Waals surface area contributed by atoms with Crippen molar-refractivity contribution in [3.63, 3.8) is 0 Å². The quantitative estimate of drug-likeness (QED) is 0.455. The number of nitrogen functional groups attached to an aromatic ring is 1. The number of nitrogens with zero attached hydrogens (tertiary/aromatic N) is 4. The Hall–Kier alpha value is -2.53. The fraction of sp³-hybridized carbons (Fsp3) is 0.706. The first kappa shape index (κ1) is 20.2. The molecule has 0 atom stereocenters. The summed E-state index contributed by atoms with van der Waals surface area (Å²) >= 11 is 0. The summed E-state index contributed by atoms with van der Waals surface area (Å²) < 4.78 is 5.23. The molecular weight excluding hydrogens is 366 g/mol. The van der Waals surface area contributed by atoms with Gasteiger partial charge in [-0.1, -0.05) is 0 Å². The van der Waals surface area contributed by atoms with Crippen molar-refractivity contribution in [3.05, 3.63) is 15.8 Å². The van der Waals surface area contributed by atoms with Crippen LogP contribution in [0, 0.1) is 16.0 Å². The van der Waals surface area contributed by atoms with Crippen LogP contribution < -0.4 is 16.8 Å². The second-order valence-electron chi connectivity index (χ2n) is 7.32. The third-order valence-corrected chi connectivity index (χ3v) is 5.30. The topological polar surface area (TPSA) is 163 Å². The summed E-state index contributed by atoms with van der Waals surface area (Å²) in [6.45, 7) is 2.11. The molecule has 1 saturated carbocycles. The molecule has 28 heavy (non-hydrogen) atoms. The van der Waals surface area contributed by atoms with Crippen molar-refractivity contribution < 1.29 is 14.5 Å². The number of anilines is 2. The molecule has 2 fully saturated rings. The molecule has 11 nitrogen and oxygen atoms in total. The van der Waals surface area contributed by atoms with Gasteiger partial charge in [0.1, 0.15) is 5.69 Å². The molecule has 3 rings (SSSR count). The lowest BCUT2D eigenvalue weighted by molar-refractivity contribution is -0.385. The Morgan fingerprint density at radius 2 is 1.93 bits per heavy atom. The zero-order valence-electron chi connectivity index (χ0n) is 15.8. The van der Waals surface area contributed by atoms with Gasteiger partial charge in [0, 0.05) is 19.1 Å². The third-order valence-electron chi connectivity index (χ3n) is 5.30. The molecule has 1 aliphatic carbocycles. The molecule has 0 unspecified atom stereocenters. The SMILES string of the molecule is Nc1nc(NCC(=O)N2CCOCC2)nc(CC2CCC(N)CC2)c1[N+](=O)[O-]. The van der Waals surface area contributed by atoms with Gasteiger partial charge >= 0.3 is 5.69 Å².